The normalized spacial score (nSPS) is 23.1. The van der Waals surface area contributed by atoms with Crippen LogP contribution in [0.25, 0.3) is 0 Å². The molecule has 2 unspecified atom stereocenters. The maximum absolute atomic E-state index is 10.8. The molecule has 5 nitrogen and oxygen atoms in total. The summed E-state index contributed by atoms with van der Waals surface area (Å²) in [6.45, 7) is 2.73. The SMILES string of the molecule is CC1OCCC1N(C)c1ncc(C(=O)O)cc1Cl. The number of carbonyl (C=O) groups is 1. The van der Waals surface area contributed by atoms with Crippen molar-refractivity contribution in [2.24, 2.45) is 0 Å². The van der Waals surface area contributed by atoms with E-state index in [1.165, 1.54) is 12.3 Å². The first-order valence-electron chi connectivity index (χ1n) is 5.74. The second kappa shape index (κ2) is 5.12. The molecule has 0 spiro atoms. The molecule has 0 saturated carbocycles. The minimum atomic E-state index is -1.03. The summed E-state index contributed by atoms with van der Waals surface area (Å²) in [5, 5.41) is 9.20. The molecule has 0 bridgehead atoms. The Morgan fingerprint density at radius 3 is 2.89 bits per heavy atom. The second-order valence-electron chi connectivity index (χ2n) is 4.38. The molecule has 6 heteroatoms. The van der Waals surface area contributed by atoms with Gasteiger partial charge in [-0.2, -0.15) is 0 Å². The molecule has 18 heavy (non-hydrogen) atoms. The molecular weight excluding hydrogens is 256 g/mol. The van der Waals surface area contributed by atoms with Crippen LogP contribution in [0.1, 0.15) is 23.7 Å². The van der Waals surface area contributed by atoms with Gasteiger partial charge in [0, 0.05) is 19.9 Å². The lowest BCUT2D eigenvalue weighted by molar-refractivity contribution is 0.0696. The van der Waals surface area contributed by atoms with E-state index >= 15 is 0 Å². The lowest BCUT2D eigenvalue weighted by Gasteiger charge is -2.28. The molecule has 1 aromatic heterocycles. The Morgan fingerprint density at radius 1 is 1.67 bits per heavy atom. The Morgan fingerprint density at radius 2 is 2.39 bits per heavy atom. The van der Waals surface area contributed by atoms with E-state index < -0.39 is 5.97 Å². The Labute approximate surface area is 110 Å². The number of hydrogen-bond acceptors (Lipinski definition) is 4. The van der Waals surface area contributed by atoms with E-state index in [2.05, 4.69) is 4.98 Å². The lowest BCUT2D eigenvalue weighted by atomic mass is 10.1. The van der Waals surface area contributed by atoms with Crippen molar-refractivity contribution < 1.29 is 14.6 Å². The van der Waals surface area contributed by atoms with Gasteiger partial charge < -0.3 is 14.7 Å². The number of carboxylic acids is 1. The van der Waals surface area contributed by atoms with E-state index in [1.807, 2.05) is 18.9 Å². The third-order valence-corrected chi connectivity index (χ3v) is 3.51. The van der Waals surface area contributed by atoms with Crippen molar-refractivity contribution in [1.82, 2.24) is 4.98 Å². The van der Waals surface area contributed by atoms with Crippen LogP contribution in [0.5, 0.6) is 0 Å². The summed E-state index contributed by atoms with van der Waals surface area (Å²) in [5.41, 5.74) is 0.0906. The van der Waals surface area contributed by atoms with Gasteiger partial charge in [-0.05, 0) is 19.4 Å². The fourth-order valence-corrected chi connectivity index (χ4v) is 2.49. The molecule has 2 rings (SSSR count). The van der Waals surface area contributed by atoms with Crippen LogP contribution in [-0.4, -0.2) is 41.9 Å². The Balaban J connectivity index is 2.25. The van der Waals surface area contributed by atoms with Crippen molar-refractivity contribution in [2.45, 2.75) is 25.5 Å². The first kappa shape index (κ1) is 13.1. The van der Waals surface area contributed by atoms with E-state index in [9.17, 15) is 4.79 Å². The minimum Gasteiger partial charge on any atom is -0.478 e. The summed E-state index contributed by atoms with van der Waals surface area (Å²) in [6.07, 6.45) is 2.35. The van der Waals surface area contributed by atoms with Crippen LogP contribution >= 0.6 is 11.6 Å². The molecular formula is C12H15ClN2O3. The second-order valence-corrected chi connectivity index (χ2v) is 4.78. The largest absolute Gasteiger partial charge is 0.478 e. The van der Waals surface area contributed by atoms with Crippen molar-refractivity contribution in [3.63, 3.8) is 0 Å². The molecule has 1 aromatic rings. The maximum atomic E-state index is 10.8. The molecule has 1 N–H and O–H groups in total. The van der Waals surface area contributed by atoms with Crippen molar-refractivity contribution in [3.8, 4) is 0 Å². The lowest BCUT2D eigenvalue weighted by Crippen LogP contribution is -2.37. The molecule has 98 valence electrons. The monoisotopic (exact) mass is 270 g/mol. The molecule has 0 radical (unpaired) electrons. The van der Waals surface area contributed by atoms with Crippen molar-refractivity contribution in [3.05, 3.63) is 22.8 Å². The first-order valence-corrected chi connectivity index (χ1v) is 6.11. The smallest absolute Gasteiger partial charge is 0.337 e. The summed E-state index contributed by atoms with van der Waals surface area (Å²) >= 11 is 6.09. The van der Waals surface area contributed by atoms with Gasteiger partial charge in [-0.25, -0.2) is 9.78 Å². The number of nitrogens with zero attached hydrogens (tertiary/aromatic N) is 2. The number of aromatic carboxylic acids is 1. The molecule has 2 heterocycles. The molecule has 1 aliphatic heterocycles. The Hall–Kier alpha value is -1.33. The fraction of sp³-hybridized carbons (Fsp3) is 0.500. The zero-order valence-electron chi connectivity index (χ0n) is 10.3. The maximum Gasteiger partial charge on any atom is 0.337 e. The molecule has 0 amide bonds. The summed E-state index contributed by atoms with van der Waals surface area (Å²) < 4.78 is 5.50. The number of rotatable bonds is 3. The third-order valence-electron chi connectivity index (χ3n) is 3.24. The quantitative estimate of drug-likeness (QED) is 0.911. The molecule has 0 aliphatic carbocycles. The van der Waals surface area contributed by atoms with Gasteiger partial charge in [-0.3, -0.25) is 0 Å². The van der Waals surface area contributed by atoms with Crippen LogP contribution in [0.3, 0.4) is 0 Å². The van der Waals surface area contributed by atoms with Gasteiger partial charge >= 0.3 is 5.97 Å². The number of halogens is 1. The van der Waals surface area contributed by atoms with Crippen LogP contribution in [0.4, 0.5) is 5.82 Å². The van der Waals surface area contributed by atoms with Gasteiger partial charge in [0.05, 0.1) is 22.7 Å². The van der Waals surface area contributed by atoms with E-state index in [0.717, 1.165) is 13.0 Å². The summed E-state index contributed by atoms with van der Waals surface area (Å²) in [4.78, 5) is 16.9. The van der Waals surface area contributed by atoms with Crippen molar-refractivity contribution in [1.29, 1.82) is 0 Å². The highest BCUT2D eigenvalue weighted by molar-refractivity contribution is 6.33. The average molecular weight is 271 g/mol. The zero-order chi connectivity index (χ0) is 13.3. The number of likely N-dealkylation sites (N-methyl/N-ethyl adjacent to an activating group) is 1. The van der Waals surface area contributed by atoms with Crippen LogP contribution in [0, 0.1) is 0 Å². The van der Waals surface area contributed by atoms with Gasteiger partial charge in [0.1, 0.15) is 5.82 Å². The first-order chi connectivity index (χ1) is 8.50. The fourth-order valence-electron chi connectivity index (χ4n) is 2.19. The van der Waals surface area contributed by atoms with Crippen LogP contribution in [0.15, 0.2) is 12.3 Å². The number of hydrogen-bond donors (Lipinski definition) is 1. The number of pyridine rings is 1. The highest BCUT2D eigenvalue weighted by atomic mass is 35.5. The van der Waals surface area contributed by atoms with Gasteiger partial charge in [0.15, 0.2) is 0 Å². The van der Waals surface area contributed by atoms with Crippen LogP contribution < -0.4 is 4.90 Å². The zero-order valence-corrected chi connectivity index (χ0v) is 11.0. The summed E-state index contributed by atoms with van der Waals surface area (Å²) in [6, 6.07) is 1.63. The van der Waals surface area contributed by atoms with E-state index in [0.29, 0.717) is 10.8 Å². The number of ether oxygens (including phenoxy) is 1. The molecule has 2 atom stereocenters. The van der Waals surface area contributed by atoms with Gasteiger partial charge in [-0.1, -0.05) is 11.6 Å². The van der Waals surface area contributed by atoms with Gasteiger partial charge in [0.25, 0.3) is 0 Å². The Kier molecular flexibility index (Phi) is 3.73. The van der Waals surface area contributed by atoms with Crippen LogP contribution in [-0.2, 0) is 4.74 Å². The molecule has 1 aliphatic rings. The summed E-state index contributed by atoms with van der Waals surface area (Å²) in [7, 11) is 1.89. The summed E-state index contributed by atoms with van der Waals surface area (Å²) in [5.74, 6) is -0.444. The van der Waals surface area contributed by atoms with E-state index in [1.54, 1.807) is 0 Å². The topological polar surface area (TPSA) is 62.7 Å². The number of carboxylic acid groups (broad SMARTS) is 1. The molecule has 1 fully saturated rings. The van der Waals surface area contributed by atoms with Gasteiger partial charge in [-0.15, -0.1) is 0 Å². The molecule has 0 aromatic carbocycles. The predicted octanol–water partition coefficient (Wildman–Crippen LogP) is 2.05. The number of aromatic nitrogens is 1. The van der Waals surface area contributed by atoms with E-state index in [4.69, 9.17) is 21.4 Å². The Bertz CT molecular complexity index is 467. The van der Waals surface area contributed by atoms with Crippen molar-refractivity contribution in [2.75, 3.05) is 18.6 Å². The highest BCUT2D eigenvalue weighted by Crippen LogP contribution is 2.28. The minimum absolute atomic E-state index is 0.0906. The van der Waals surface area contributed by atoms with E-state index in [-0.39, 0.29) is 17.7 Å². The standard InChI is InChI=1S/C12H15ClN2O3/c1-7-10(3-4-18-7)15(2)11-9(13)5-8(6-14-11)12(16)17/h5-7,10H,3-4H2,1-2H3,(H,16,17). The highest BCUT2D eigenvalue weighted by Gasteiger charge is 2.29. The number of anilines is 1. The average Bonchev–Trinajstić information content (AvgIpc) is 2.74. The molecule has 1 saturated heterocycles. The third kappa shape index (κ3) is 2.42. The van der Waals surface area contributed by atoms with Crippen LogP contribution in [0.2, 0.25) is 5.02 Å². The predicted molar refractivity (Wildman–Crippen MR) is 68.4 cm³/mol. The van der Waals surface area contributed by atoms with Crippen molar-refractivity contribution >= 4 is 23.4 Å². The van der Waals surface area contributed by atoms with Gasteiger partial charge in [0.2, 0.25) is 0 Å².